The van der Waals surface area contributed by atoms with E-state index in [1.165, 1.54) is 22.5 Å². The van der Waals surface area contributed by atoms with E-state index >= 15 is 0 Å². The molecule has 2 heterocycles. The summed E-state index contributed by atoms with van der Waals surface area (Å²) in [4.78, 5) is 0. The average Bonchev–Trinajstić information content (AvgIpc) is 2.87. The van der Waals surface area contributed by atoms with E-state index in [0.717, 1.165) is 12.0 Å². The summed E-state index contributed by atoms with van der Waals surface area (Å²) in [6.45, 7) is 1.17. The Kier molecular flexibility index (Phi) is 5.09. The maximum absolute atomic E-state index is 14.0. The van der Waals surface area contributed by atoms with E-state index in [2.05, 4.69) is 10.2 Å². The van der Waals surface area contributed by atoms with Crippen molar-refractivity contribution in [3.8, 4) is 22.9 Å². The minimum absolute atomic E-state index is 0.271. The highest BCUT2D eigenvalue weighted by Crippen LogP contribution is 2.39. The van der Waals surface area contributed by atoms with Gasteiger partial charge in [-0.2, -0.15) is 0 Å². The molecular weight excluding hydrogens is 391 g/mol. The fraction of sp³-hybridized carbons (Fsp3) is 0.222. The van der Waals surface area contributed by atoms with Gasteiger partial charge in [0.2, 0.25) is 5.16 Å². The molecule has 1 aliphatic rings. The van der Waals surface area contributed by atoms with Crippen LogP contribution in [-0.2, 0) is 5.75 Å². The zero-order valence-corrected chi connectivity index (χ0v) is 15.8. The lowest BCUT2D eigenvalue weighted by atomic mass is 10.2. The highest BCUT2D eigenvalue weighted by molar-refractivity contribution is 7.98. The monoisotopic (exact) mass is 406 g/mol. The first-order chi connectivity index (χ1) is 13.1. The van der Waals surface area contributed by atoms with Crippen LogP contribution in [0.25, 0.3) is 11.4 Å². The number of nitrogens with zero attached hydrogens (tertiary/aromatic N) is 3. The van der Waals surface area contributed by atoms with E-state index in [-0.39, 0.29) is 5.82 Å². The van der Waals surface area contributed by atoms with Crippen LogP contribution in [0.15, 0.2) is 41.6 Å². The van der Waals surface area contributed by atoms with E-state index in [4.69, 9.17) is 26.9 Å². The number of hydrogen-bond donors (Lipinski definition) is 1. The molecule has 0 saturated heterocycles. The Morgan fingerprint density at radius 3 is 2.85 bits per heavy atom. The molecule has 2 N–H and O–H groups in total. The standard InChI is InChI=1S/C18H16ClFN4O2S/c19-13-8-11(9-15-16(13)26-7-3-6-25-15)10-27-18-23-22-17(24(18)21)12-4-1-2-5-14(12)20/h1-2,4-5,8-9H,3,6-7,10,21H2. The molecule has 0 unspecified atom stereocenters. The average molecular weight is 407 g/mol. The van der Waals surface area contributed by atoms with Crippen LogP contribution in [0.3, 0.4) is 0 Å². The minimum Gasteiger partial charge on any atom is -0.489 e. The first-order valence-corrected chi connectivity index (χ1v) is 9.66. The predicted octanol–water partition coefficient (Wildman–Crippen LogP) is 3.91. The van der Waals surface area contributed by atoms with Gasteiger partial charge >= 0.3 is 0 Å². The molecule has 27 heavy (non-hydrogen) atoms. The molecule has 2 aromatic carbocycles. The lowest BCUT2D eigenvalue weighted by molar-refractivity contribution is 0.297. The number of nitrogen functional groups attached to an aromatic ring is 1. The summed E-state index contributed by atoms with van der Waals surface area (Å²) in [7, 11) is 0. The fourth-order valence-corrected chi connectivity index (χ4v) is 3.79. The Balaban J connectivity index is 1.54. The highest BCUT2D eigenvalue weighted by Gasteiger charge is 2.18. The van der Waals surface area contributed by atoms with Gasteiger partial charge in [0.15, 0.2) is 17.3 Å². The zero-order chi connectivity index (χ0) is 18.8. The molecule has 9 heteroatoms. The van der Waals surface area contributed by atoms with E-state index in [9.17, 15) is 4.39 Å². The van der Waals surface area contributed by atoms with Gasteiger partial charge in [-0.05, 0) is 29.8 Å². The number of ether oxygens (including phenoxy) is 2. The first kappa shape index (κ1) is 17.9. The summed E-state index contributed by atoms with van der Waals surface area (Å²) in [5, 5.41) is 9.06. The molecular formula is C18H16ClFN4O2S. The first-order valence-electron chi connectivity index (χ1n) is 8.29. The van der Waals surface area contributed by atoms with Crippen LogP contribution in [0.5, 0.6) is 11.5 Å². The molecule has 0 fully saturated rings. The summed E-state index contributed by atoms with van der Waals surface area (Å²) in [6.07, 6.45) is 0.810. The molecule has 0 radical (unpaired) electrons. The van der Waals surface area contributed by atoms with Crippen molar-refractivity contribution in [3.63, 3.8) is 0 Å². The summed E-state index contributed by atoms with van der Waals surface area (Å²) in [5.74, 6) is 7.69. The number of rotatable bonds is 4. The van der Waals surface area contributed by atoms with Gasteiger partial charge in [-0.15, -0.1) is 10.2 Å². The van der Waals surface area contributed by atoms with Crippen molar-refractivity contribution in [3.05, 3.63) is 52.8 Å². The molecule has 3 aromatic rings. The van der Waals surface area contributed by atoms with Crippen LogP contribution in [0, 0.1) is 5.82 Å². The largest absolute Gasteiger partial charge is 0.489 e. The molecule has 4 rings (SSSR count). The third-order valence-corrected chi connectivity index (χ3v) is 5.30. The predicted molar refractivity (Wildman–Crippen MR) is 102 cm³/mol. The van der Waals surface area contributed by atoms with Crippen molar-refractivity contribution >= 4 is 23.4 Å². The van der Waals surface area contributed by atoms with Crippen molar-refractivity contribution in [2.75, 3.05) is 19.1 Å². The lowest BCUT2D eigenvalue weighted by Crippen LogP contribution is -2.12. The summed E-state index contributed by atoms with van der Waals surface area (Å²) in [5.41, 5.74) is 1.24. The molecule has 0 saturated carbocycles. The number of thioether (sulfide) groups is 1. The van der Waals surface area contributed by atoms with Gasteiger partial charge < -0.3 is 15.3 Å². The fourth-order valence-electron chi connectivity index (χ4n) is 2.72. The van der Waals surface area contributed by atoms with Crippen LogP contribution in [-0.4, -0.2) is 28.1 Å². The van der Waals surface area contributed by atoms with Gasteiger partial charge in [0.25, 0.3) is 0 Å². The Bertz CT molecular complexity index is 982. The highest BCUT2D eigenvalue weighted by atomic mass is 35.5. The topological polar surface area (TPSA) is 75.2 Å². The van der Waals surface area contributed by atoms with Crippen LogP contribution in [0.2, 0.25) is 5.02 Å². The van der Waals surface area contributed by atoms with Crippen LogP contribution < -0.4 is 15.3 Å². The summed E-state index contributed by atoms with van der Waals surface area (Å²) < 4.78 is 26.6. The normalized spacial score (nSPS) is 13.4. The Labute approximate surface area is 164 Å². The van der Waals surface area contributed by atoms with Crippen molar-refractivity contribution in [1.82, 2.24) is 14.9 Å². The number of nitrogens with two attached hydrogens (primary N) is 1. The maximum atomic E-state index is 14.0. The van der Waals surface area contributed by atoms with E-state index < -0.39 is 5.82 Å². The quantitative estimate of drug-likeness (QED) is 0.523. The van der Waals surface area contributed by atoms with Gasteiger partial charge in [-0.1, -0.05) is 35.5 Å². The van der Waals surface area contributed by atoms with Crippen molar-refractivity contribution in [2.24, 2.45) is 0 Å². The molecule has 0 aliphatic carbocycles. The number of fused-ring (bicyclic) bond motifs is 1. The summed E-state index contributed by atoms with van der Waals surface area (Å²) in [6, 6.07) is 10.0. The lowest BCUT2D eigenvalue weighted by Gasteiger charge is -2.11. The molecule has 6 nitrogen and oxygen atoms in total. The van der Waals surface area contributed by atoms with E-state index in [1.54, 1.807) is 18.2 Å². The molecule has 0 atom stereocenters. The van der Waals surface area contributed by atoms with Gasteiger partial charge in [-0.3, -0.25) is 0 Å². The zero-order valence-electron chi connectivity index (χ0n) is 14.2. The number of benzene rings is 2. The number of halogens is 2. The third-order valence-electron chi connectivity index (χ3n) is 4.01. The Morgan fingerprint density at radius 1 is 1.19 bits per heavy atom. The van der Waals surface area contributed by atoms with Crippen LogP contribution >= 0.6 is 23.4 Å². The smallest absolute Gasteiger partial charge is 0.210 e. The van der Waals surface area contributed by atoms with Crippen LogP contribution in [0.4, 0.5) is 4.39 Å². The van der Waals surface area contributed by atoms with Gasteiger partial charge in [0, 0.05) is 12.2 Å². The second-order valence-electron chi connectivity index (χ2n) is 5.90. The number of hydrogen-bond acceptors (Lipinski definition) is 6. The molecule has 0 amide bonds. The third kappa shape index (κ3) is 3.68. The SMILES string of the molecule is Nn1c(SCc2cc(Cl)c3c(c2)OCCCO3)nnc1-c1ccccc1F. The van der Waals surface area contributed by atoms with E-state index in [1.807, 2.05) is 12.1 Å². The van der Waals surface area contributed by atoms with Crippen LogP contribution in [0.1, 0.15) is 12.0 Å². The van der Waals surface area contributed by atoms with E-state index in [0.29, 0.717) is 46.2 Å². The maximum Gasteiger partial charge on any atom is 0.210 e. The van der Waals surface area contributed by atoms with Crippen molar-refractivity contribution < 1.29 is 13.9 Å². The van der Waals surface area contributed by atoms with Gasteiger partial charge in [0.05, 0.1) is 23.8 Å². The van der Waals surface area contributed by atoms with Crippen molar-refractivity contribution in [1.29, 1.82) is 0 Å². The molecule has 1 aliphatic heterocycles. The summed E-state index contributed by atoms with van der Waals surface area (Å²) >= 11 is 7.69. The molecule has 1 aromatic heterocycles. The second-order valence-corrected chi connectivity index (χ2v) is 7.25. The van der Waals surface area contributed by atoms with Crippen molar-refractivity contribution in [2.45, 2.75) is 17.3 Å². The van der Waals surface area contributed by atoms with Gasteiger partial charge in [0.1, 0.15) is 5.82 Å². The second kappa shape index (κ2) is 7.66. The molecule has 0 spiro atoms. The Morgan fingerprint density at radius 2 is 2.00 bits per heavy atom. The Hall–Kier alpha value is -2.45. The van der Waals surface area contributed by atoms with Gasteiger partial charge in [-0.25, -0.2) is 9.07 Å². The molecule has 140 valence electrons. The minimum atomic E-state index is -0.400. The number of aromatic nitrogens is 3. The molecule has 0 bridgehead atoms.